The van der Waals surface area contributed by atoms with Crippen LogP contribution in [-0.2, 0) is 6.54 Å². The van der Waals surface area contributed by atoms with Crippen molar-refractivity contribution in [3.8, 4) is 11.5 Å². The Bertz CT molecular complexity index is 712. The molecule has 2 amide bonds. The number of nitrogens with zero attached hydrogens (tertiary/aromatic N) is 2. The van der Waals surface area contributed by atoms with Crippen LogP contribution in [0, 0.1) is 6.92 Å². The van der Waals surface area contributed by atoms with Crippen LogP contribution in [0.25, 0.3) is 0 Å². The molecule has 0 radical (unpaired) electrons. The summed E-state index contributed by atoms with van der Waals surface area (Å²) in [5.41, 5.74) is 2.64. The predicted octanol–water partition coefficient (Wildman–Crippen LogP) is 3.11. The zero-order valence-corrected chi connectivity index (χ0v) is 14.7. The highest BCUT2D eigenvalue weighted by Crippen LogP contribution is 2.32. The van der Waals surface area contributed by atoms with E-state index in [1.54, 1.807) is 31.3 Å². The number of rotatable bonds is 6. The minimum atomic E-state index is -0.285. The summed E-state index contributed by atoms with van der Waals surface area (Å²) in [6.45, 7) is 6.63. The van der Waals surface area contributed by atoms with Crippen molar-refractivity contribution < 1.29 is 14.3 Å². The number of hydrogen-bond acceptors (Lipinski definition) is 4. The molecule has 130 valence electrons. The minimum Gasteiger partial charge on any atom is -0.493 e. The van der Waals surface area contributed by atoms with E-state index in [9.17, 15) is 4.79 Å². The molecular formula is C17H24N4O3. The number of carbonyl (C=O) groups excluding carboxylic acids is 1. The molecule has 0 saturated carbocycles. The second-order valence-electron chi connectivity index (χ2n) is 5.47. The lowest BCUT2D eigenvalue weighted by atomic mass is 10.0. The van der Waals surface area contributed by atoms with E-state index in [-0.39, 0.29) is 12.1 Å². The maximum Gasteiger partial charge on any atom is 0.319 e. The predicted molar refractivity (Wildman–Crippen MR) is 92.8 cm³/mol. The van der Waals surface area contributed by atoms with E-state index in [4.69, 9.17) is 9.47 Å². The second-order valence-corrected chi connectivity index (χ2v) is 5.47. The largest absolute Gasteiger partial charge is 0.493 e. The van der Waals surface area contributed by atoms with Crippen molar-refractivity contribution in [2.45, 2.75) is 33.4 Å². The Morgan fingerprint density at radius 2 is 1.96 bits per heavy atom. The Labute approximate surface area is 142 Å². The average Bonchev–Trinajstić information content (AvgIpc) is 3.01. The van der Waals surface area contributed by atoms with Gasteiger partial charge in [0.1, 0.15) is 0 Å². The van der Waals surface area contributed by atoms with Gasteiger partial charge in [-0.25, -0.2) is 4.79 Å². The molecule has 1 unspecified atom stereocenters. The van der Waals surface area contributed by atoms with Gasteiger partial charge in [-0.3, -0.25) is 4.68 Å². The molecule has 1 aromatic heterocycles. The van der Waals surface area contributed by atoms with E-state index in [1.807, 2.05) is 32.9 Å². The summed E-state index contributed by atoms with van der Waals surface area (Å²) in [4.78, 5) is 12.2. The van der Waals surface area contributed by atoms with Crippen LogP contribution in [0.1, 0.15) is 31.0 Å². The summed E-state index contributed by atoms with van der Waals surface area (Å²) >= 11 is 0. The van der Waals surface area contributed by atoms with Crippen molar-refractivity contribution in [2.24, 2.45) is 0 Å². The Hall–Kier alpha value is -2.70. The van der Waals surface area contributed by atoms with Crippen molar-refractivity contribution in [1.82, 2.24) is 15.1 Å². The highest BCUT2D eigenvalue weighted by molar-refractivity contribution is 5.89. The fourth-order valence-corrected chi connectivity index (χ4v) is 2.51. The molecule has 0 aliphatic carbocycles. The van der Waals surface area contributed by atoms with Gasteiger partial charge >= 0.3 is 6.03 Å². The maximum absolute atomic E-state index is 12.2. The normalized spacial score (nSPS) is 11.7. The van der Waals surface area contributed by atoms with E-state index >= 15 is 0 Å². The van der Waals surface area contributed by atoms with E-state index in [0.29, 0.717) is 17.2 Å². The quantitative estimate of drug-likeness (QED) is 0.852. The molecule has 1 aromatic carbocycles. The van der Waals surface area contributed by atoms with Crippen molar-refractivity contribution in [2.75, 3.05) is 19.5 Å². The van der Waals surface area contributed by atoms with Gasteiger partial charge in [-0.05, 0) is 44.0 Å². The summed E-state index contributed by atoms with van der Waals surface area (Å²) in [6.07, 6.45) is 3.40. The third kappa shape index (κ3) is 3.98. The molecule has 0 fully saturated rings. The van der Waals surface area contributed by atoms with Crippen molar-refractivity contribution in [1.29, 1.82) is 0 Å². The first-order valence-electron chi connectivity index (χ1n) is 7.81. The Morgan fingerprint density at radius 3 is 2.54 bits per heavy atom. The minimum absolute atomic E-state index is 0.189. The van der Waals surface area contributed by atoms with E-state index in [0.717, 1.165) is 17.7 Å². The zero-order valence-electron chi connectivity index (χ0n) is 14.7. The number of hydrogen-bond donors (Lipinski definition) is 2. The molecule has 2 rings (SSSR count). The lowest BCUT2D eigenvalue weighted by molar-refractivity contribution is 0.249. The van der Waals surface area contributed by atoms with Gasteiger partial charge in [-0.2, -0.15) is 5.10 Å². The van der Waals surface area contributed by atoms with Gasteiger partial charge in [-0.1, -0.05) is 0 Å². The molecule has 0 aliphatic heterocycles. The highest BCUT2D eigenvalue weighted by atomic mass is 16.5. The third-order valence-electron chi connectivity index (χ3n) is 3.80. The molecule has 1 heterocycles. The molecule has 2 aromatic rings. The average molecular weight is 332 g/mol. The SMILES string of the molecule is CCn1cc(NC(=O)NC(C)c2cc(OC)c(OC)cc2C)cn1. The van der Waals surface area contributed by atoms with E-state index in [2.05, 4.69) is 15.7 Å². The summed E-state index contributed by atoms with van der Waals surface area (Å²) < 4.78 is 12.4. The molecule has 1 atom stereocenters. The Morgan fingerprint density at radius 1 is 1.29 bits per heavy atom. The van der Waals surface area contributed by atoms with E-state index in [1.165, 1.54) is 0 Å². The summed E-state index contributed by atoms with van der Waals surface area (Å²) in [6, 6.07) is 3.31. The number of amides is 2. The van der Waals surface area contributed by atoms with Gasteiger partial charge in [-0.15, -0.1) is 0 Å². The summed E-state index contributed by atoms with van der Waals surface area (Å²) in [5, 5.41) is 9.82. The number of nitrogens with one attached hydrogen (secondary N) is 2. The molecule has 2 N–H and O–H groups in total. The first-order valence-corrected chi connectivity index (χ1v) is 7.81. The zero-order chi connectivity index (χ0) is 17.7. The van der Waals surface area contributed by atoms with Crippen LogP contribution < -0.4 is 20.1 Å². The number of urea groups is 1. The first-order chi connectivity index (χ1) is 11.5. The number of aromatic nitrogens is 2. The van der Waals surface area contributed by atoms with Crippen LogP contribution in [0.15, 0.2) is 24.5 Å². The van der Waals surface area contributed by atoms with Crippen LogP contribution in [0.3, 0.4) is 0 Å². The summed E-state index contributed by atoms with van der Waals surface area (Å²) in [5.74, 6) is 1.30. The van der Waals surface area contributed by atoms with Gasteiger partial charge in [0.2, 0.25) is 0 Å². The standard InChI is InChI=1S/C17H24N4O3/c1-6-21-10-13(9-18-21)20-17(22)19-12(3)14-8-16(24-5)15(23-4)7-11(14)2/h7-10,12H,6H2,1-5H3,(H2,19,20,22). The maximum atomic E-state index is 12.2. The van der Waals surface area contributed by atoms with Gasteiger partial charge in [0, 0.05) is 12.7 Å². The fraction of sp³-hybridized carbons (Fsp3) is 0.412. The lowest BCUT2D eigenvalue weighted by Crippen LogP contribution is -2.31. The molecule has 0 spiro atoms. The van der Waals surface area contributed by atoms with Gasteiger partial charge in [0.25, 0.3) is 0 Å². The van der Waals surface area contributed by atoms with Crippen molar-refractivity contribution >= 4 is 11.7 Å². The lowest BCUT2D eigenvalue weighted by Gasteiger charge is -2.19. The third-order valence-corrected chi connectivity index (χ3v) is 3.80. The van der Waals surface area contributed by atoms with Gasteiger partial charge in [0.05, 0.1) is 32.1 Å². The smallest absolute Gasteiger partial charge is 0.319 e. The molecular weight excluding hydrogens is 308 g/mol. The monoisotopic (exact) mass is 332 g/mol. The van der Waals surface area contributed by atoms with Gasteiger partial charge < -0.3 is 20.1 Å². The molecule has 0 saturated heterocycles. The van der Waals surface area contributed by atoms with Crippen LogP contribution in [0.2, 0.25) is 0 Å². The number of benzene rings is 1. The number of methoxy groups -OCH3 is 2. The summed E-state index contributed by atoms with van der Waals surface area (Å²) in [7, 11) is 3.19. The molecule has 7 heteroatoms. The molecule has 0 bridgehead atoms. The van der Waals surface area contributed by atoms with Crippen molar-refractivity contribution in [3.05, 3.63) is 35.7 Å². The molecule has 7 nitrogen and oxygen atoms in total. The molecule has 0 aliphatic rings. The van der Waals surface area contributed by atoms with E-state index < -0.39 is 0 Å². The van der Waals surface area contributed by atoms with Crippen LogP contribution in [0.4, 0.5) is 10.5 Å². The molecule has 24 heavy (non-hydrogen) atoms. The first kappa shape index (κ1) is 17.7. The van der Waals surface area contributed by atoms with Crippen LogP contribution in [0.5, 0.6) is 11.5 Å². The number of ether oxygens (including phenoxy) is 2. The number of aryl methyl sites for hydroxylation is 2. The van der Waals surface area contributed by atoms with Crippen molar-refractivity contribution in [3.63, 3.8) is 0 Å². The Balaban J connectivity index is 2.08. The van der Waals surface area contributed by atoms with Gasteiger partial charge in [0.15, 0.2) is 11.5 Å². The van der Waals surface area contributed by atoms with Crippen LogP contribution >= 0.6 is 0 Å². The number of carbonyl (C=O) groups is 1. The van der Waals surface area contributed by atoms with Crippen LogP contribution in [-0.4, -0.2) is 30.0 Å². The topological polar surface area (TPSA) is 77.4 Å². The number of anilines is 1. The fourth-order valence-electron chi connectivity index (χ4n) is 2.51. The highest BCUT2D eigenvalue weighted by Gasteiger charge is 2.16. The Kier molecular flexibility index (Phi) is 5.68. The second kappa shape index (κ2) is 7.72.